The van der Waals surface area contributed by atoms with Crippen LogP contribution in [0.3, 0.4) is 0 Å². The van der Waals surface area contributed by atoms with E-state index in [1.165, 1.54) is 0 Å². The number of anilines is 1. The summed E-state index contributed by atoms with van der Waals surface area (Å²) in [5, 5.41) is 3.11. The highest BCUT2D eigenvalue weighted by atomic mass is 16.5. The molecule has 2 aromatic heterocycles. The van der Waals surface area contributed by atoms with Crippen LogP contribution in [0, 0.1) is 6.92 Å². The lowest BCUT2D eigenvalue weighted by Crippen LogP contribution is -2.23. The molecule has 28 heavy (non-hydrogen) atoms. The van der Waals surface area contributed by atoms with Gasteiger partial charge in [-0.3, -0.25) is 4.99 Å². The van der Waals surface area contributed by atoms with E-state index in [1.54, 1.807) is 0 Å². The Labute approximate surface area is 165 Å². The maximum atomic E-state index is 6.08. The number of pyridine rings is 1. The van der Waals surface area contributed by atoms with Crippen molar-refractivity contribution in [2.75, 3.05) is 25.1 Å². The van der Waals surface area contributed by atoms with Crippen molar-refractivity contribution in [1.82, 2.24) is 9.38 Å². The van der Waals surface area contributed by atoms with Crippen LogP contribution < -0.4 is 20.5 Å². The predicted octanol–water partition coefficient (Wildman–Crippen LogP) is 3.41. The van der Waals surface area contributed by atoms with Gasteiger partial charge in [-0.15, -0.1) is 0 Å². The standard InChI is InChI=1S/C21H27N5O2/c1-4-27-17-8-9-19(28-5-2)18(13-17)25-21(22)23-11-10-16-14-26-12-6-7-15(3)20(26)24-16/h6-9,12-14H,4-5,10-11H2,1-3H3,(H3,22,23,25). The van der Waals surface area contributed by atoms with Gasteiger partial charge in [-0.1, -0.05) is 6.07 Å². The topological polar surface area (TPSA) is 86.2 Å². The molecule has 0 bridgehead atoms. The van der Waals surface area contributed by atoms with Crippen LogP contribution in [0.15, 0.2) is 47.7 Å². The lowest BCUT2D eigenvalue weighted by atomic mass is 10.2. The van der Waals surface area contributed by atoms with Gasteiger partial charge in [-0.25, -0.2) is 4.98 Å². The van der Waals surface area contributed by atoms with Crippen molar-refractivity contribution in [2.45, 2.75) is 27.2 Å². The van der Waals surface area contributed by atoms with Gasteiger partial charge in [-0.2, -0.15) is 0 Å². The van der Waals surface area contributed by atoms with Crippen LogP contribution in [0.2, 0.25) is 0 Å². The van der Waals surface area contributed by atoms with Crippen LogP contribution in [0.25, 0.3) is 5.65 Å². The number of ether oxygens (including phenoxy) is 2. The summed E-state index contributed by atoms with van der Waals surface area (Å²) in [5.41, 5.74) is 9.92. The second kappa shape index (κ2) is 9.12. The van der Waals surface area contributed by atoms with E-state index in [9.17, 15) is 0 Å². The van der Waals surface area contributed by atoms with Crippen molar-refractivity contribution < 1.29 is 9.47 Å². The molecule has 2 heterocycles. The van der Waals surface area contributed by atoms with Crippen molar-refractivity contribution in [2.24, 2.45) is 10.7 Å². The van der Waals surface area contributed by atoms with Gasteiger partial charge < -0.3 is 24.9 Å². The minimum Gasteiger partial charge on any atom is -0.494 e. The first-order valence-electron chi connectivity index (χ1n) is 9.50. The molecule has 3 rings (SSSR count). The zero-order valence-electron chi connectivity index (χ0n) is 16.6. The number of imidazole rings is 1. The molecule has 0 aliphatic heterocycles. The van der Waals surface area contributed by atoms with Gasteiger partial charge in [0.1, 0.15) is 17.1 Å². The highest BCUT2D eigenvalue weighted by Gasteiger charge is 2.08. The molecule has 0 spiro atoms. The smallest absolute Gasteiger partial charge is 0.193 e. The molecule has 3 N–H and O–H groups in total. The summed E-state index contributed by atoms with van der Waals surface area (Å²) in [6.07, 6.45) is 4.74. The summed E-state index contributed by atoms with van der Waals surface area (Å²) in [7, 11) is 0. The monoisotopic (exact) mass is 381 g/mol. The Bertz CT molecular complexity index is 965. The molecular formula is C21H27N5O2. The number of hydrogen-bond donors (Lipinski definition) is 2. The second-order valence-electron chi connectivity index (χ2n) is 6.32. The molecule has 148 valence electrons. The number of nitrogens with two attached hydrogens (primary N) is 1. The fourth-order valence-corrected chi connectivity index (χ4v) is 2.94. The maximum absolute atomic E-state index is 6.08. The molecule has 0 radical (unpaired) electrons. The van der Waals surface area contributed by atoms with E-state index in [2.05, 4.69) is 28.3 Å². The van der Waals surface area contributed by atoms with Crippen LogP contribution in [0.1, 0.15) is 25.1 Å². The number of aliphatic imine (C=N–C) groups is 1. The van der Waals surface area contributed by atoms with E-state index in [0.717, 1.165) is 28.3 Å². The quantitative estimate of drug-likeness (QED) is 0.461. The van der Waals surface area contributed by atoms with Gasteiger partial charge in [0.05, 0.1) is 24.6 Å². The average molecular weight is 381 g/mol. The Hall–Kier alpha value is -3.22. The van der Waals surface area contributed by atoms with Gasteiger partial charge in [0.2, 0.25) is 0 Å². The molecule has 0 atom stereocenters. The summed E-state index contributed by atoms with van der Waals surface area (Å²) in [6.45, 7) is 7.63. The van der Waals surface area contributed by atoms with Crippen LogP contribution in [0.4, 0.5) is 5.69 Å². The number of rotatable bonds is 8. The molecule has 0 saturated carbocycles. The summed E-state index contributed by atoms with van der Waals surface area (Å²) in [6, 6.07) is 9.67. The van der Waals surface area contributed by atoms with Gasteiger partial charge in [0.15, 0.2) is 5.96 Å². The Kier molecular flexibility index (Phi) is 6.37. The molecule has 7 heteroatoms. The second-order valence-corrected chi connectivity index (χ2v) is 6.32. The van der Waals surface area contributed by atoms with E-state index in [1.807, 2.05) is 54.9 Å². The number of aryl methyl sites for hydroxylation is 1. The van der Waals surface area contributed by atoms with Crippen molar-refractivity contribution in [3.05, 3.63) is 54.0 Å². The molecule has 7 nitrogen and oxygen atoms in total. The normalized spacial score (nSPS) is 11.6. The summed E-state index contributed by atoms with van der Waals surface area (Å²) < 4.78 is 13.2. The molecule has 0 amide bonds. The van der Waals surface area contributed by atoms with E-state index in [0.29, 0.717) is 37.9 Å². The van der Waals surface area contributed by atoms with Crippen LogP contribution in [0.5, 0.6) is 11.5 Å². The average Bonchev–Trinajstić information content (AvgIpc) is 3.09. The minimum atomic E-state index is 0.328. The number of guanidine groups is 1. The van der Waals surface area contributed by atoms with Crippen molar-refractivity contribution in [3.63, 3.8) is 0 Å². The van der Waals surface area contributed by atoms with Crippen molar-refractivity contribution in [1.29, 1.82) is 0 Å². The lowest BCUT2D eigenvalue weighted by Gasteiger charge is -2.13. The molecule has 0 aliphatic rings. The molecule has 0 fully saturated rings. The molecule has 0 saturated heterocycles. The SMILES string of the molecule is CCOc1ccc(OCC)c(NC(N)=NCCc2cn3cccc(C)c3n2)c1. The zero-order chi connectivity index (χ0) is 19.9. The number of fused-ring (bicyclic) bond motifs is 1. The largest absolute Gasteiger partial charge is 0.494 e. The number of nitrogens with one attached hydrogen (secondary N) is 1. The first kappa shape index (κ1) is 19.5. The first-order chi connectivity index (χ1) is 13.6. The molecule has 0 unspecified atom stereocenters. The Morgan fingerprint density at radius 3 is 2.79 bits per heavy atom. The molecule has 0 aliphatic carbocycles. The van der Waals surface area contributed by atoms with E-state index in [4.69, 9.17) is 15.2 Å². The van der Waals surface area contributed by atoms with Crippen LogP contribution in [-0.4, -0.2) is 35.1 Å². The van der Waals surface area contributed by atoms with Gasteiger partial charge >= 0.3 is 0 Å². The van der Waals surface area contributed by atoms with Crippen LogP contribution in [-0.2, 0) is 6.42 Å². The third-order valence-corrected chi connectivity index (χ3v) is 4.20. The summed E-state index contributed by atoms with van der Waals surface area (Å²) >= 11 is 0. The fraction of sp³-hybridized carbons (Fsp3) is 0.333. The van der Waals surface area contributed by atoms with E-state index in [-0.39, 0.29) is 0 Å². The summed E-state index contributed by atoms with van der Waals surface area (Å²) in [5.74, 6) is 1.79. The minimum absolute atomic E-state index is 0.328. The van der Waals surface area contributed by atoms with Crippen LogP contribution >= 0.6 is 0 Å². The van der Waals surface area contributed by atoms with Gasteiger partial charge in [-0.05, 0) is 44.5 Å². The molecule has 1 aromatic carbocycles. The molecular weight excluding hydrogens is 354 g/mol. The first-order valence-corrected chi connectivity index (χ1v) is 9.50. The Balaban J connectivity index is 1.66. The Morgan fingerprint density at radius 1 is 1.21 bits per heavy atom. The predicted molar refractivity (Wildman–Crippen MR) is 113 cm³/mol. The number of benzene rings is 1. The number of hydrogen-bond acceptors (Lipinski definition) is 4. The fourth-order valence-electron chi connectivity index (χ4n) is 2.94. The van der Waals surface area contributed by atoms with E-state index >= 15 is 0 Å². The highest BCUT2D eigenvalue weighted by molar-refractivity contribution is 5.94. The third kappa shape index (κ3) is 4.73. The van der Waals surface area contributed by atoms with E-state index < -0.39 is 0 Å². The van der Waals surface area contributed by atoms with Crippen molar-refractivity contribution >= 4 is 17.3 Å². The van der Waals surface area contributed by atoms with Gasteiger partial charge in [0, 0.05) is 31.4 Å². The molecule has 3 aromatic rings. The van der Waals surface area contributed by atoms with Crippen molar-refractivity contribution in [3.8, 4) is 11.5 Å². The highest BCUT2D eigenvalue weighted by Crippen LogP contribution is 2.29. The lowest BCUT2D eigenvalue weighted by molar-refractivity contribution is 0.332. The Morgan fingerprint density at radius 2 is 2.04 bits per heavy atom. The zero-order valence-corrected chi connectivity index (χ0v) is 16.6. The summed E-state index contributed by atoms with van der Waals surface area (Å²) in [4.78, 5) is 9.08. The third-order valence-electron chi connectivity index (χ3n) is 4.20. The number of aromatic nitrogens is 2. The number of nitrogens with zero attached hydrogens (tertiary/aromatic N) is 3. The van der Waals surface area contributed by atoms with Gasteiger partial charge in [0.25, 0.3) is 0 Å². The maximum Gasteiger partial charge on any atom is 0.193 e.